The van der Waals surface area contributed by atoms with Crippen LogP contribution in [0.3, 0.4) is 0 Å². The van der Waals surface area contributed by atoms with E-state index in [0.29, 0.717) is 11.5 Å². The Morgan fingerprint density at radius 3 is 2.26 bits per heavy atom. The third kappa shape index (κ3) is 3.93. The molecule has 2 heterocycles. The van der Waals surface area contributed by atoms with Crippen LogP contribution in [-0.4, -0.2) is 49.3 Å². The average molecular weight is 268 g/mol. The Hall–Kier alpha value is -0.120. The predicted molar refractivity (Wildman–Crippen MR) is 80.4 cm³/mol. The molecule has 0 radical (unpaired) electrons. The SMILES string of the molecule is CC(C)(C)C1CNC(CC(C)(C)N2CCOCC2)C1. The number of rotatable bonds is 3. The van der Waals surface area contributed by atoms with E-state index in [1.165, 1.54) is 19.4 Å². The zero-order valence-corrected chi connectivity index (χ0v) is 13.5. The average Bonchev–Trinajstić information content (AvgIpc) is 2.78. The molecule has 0 aromatic carbocycles. The molecule has 0 saturated carbocycles. The van der Waals surface area contributed by atoms with E-state index in [1.807, 2.05) is 0 Å². The molecule has 2 unspecified atom stereocenters. The molecular formula is C16H32N2O. The summed E-state index contributed by atoms with van der Waals surface area (Å²) in [5, 5.41) is 3.75. The van der Waals surface area contributed by atoms with E-state index in [2.05, 4.69) is 44.8 Å². The van der Waals surface area contributed by atoms with Crippen LogP contribution in [0.2, 0.25) is 0 Å². The molecular weight excluding hydrogens is 236 g/mol. The van der Waals surface area contributed by atoms with Crippen LogP contribution in [0.25, 0.3) is 0 Å². The van der Waals surface area contributed by atoms with Crippen LogP contribution in [0.1, 0.15) is 47.5 Å². The highest BCUT2D eigenvalue weighted by atomic mass is 16.5. The summed E-state index contributed by atoms with van der Waals surface area (Å²) in [7, 11) is 0. The molecule has 19 heavy (non-hydrogen) atoms. The third-order valence-electron chi connectivity index (χ3n) is 5.06. The van der Waals surface area contributed by atoms with Gasteiger partial charge in [-0.3, -0.25) is 4.90 Å². The zero-order valence-electron chi connectivity index (χ0n) is 13.5. The molecule has 2 rings (SSSR count). The zero-order chi connectivity index (χ0) is 14.1. The van der Waals surface area contributed by atoms with Crippen molar-refractivity contribution < 1.29 is 4.74 Å². The lowest BCUT2D eigenvalue weighted by molar-refractivity contribution is -0.0155. The van der Waals surface area contributed by atoms with Crippen LogP contribution in [-0.2, 0) is 4.74 Å². The molecule has 2 fully saturated rings. The number of ether oxygens (including phenoxy) is 1. The van der Waals surface area contributed by atoms with Gasteiger partial charge in [-0.1, -0.05) is 20.8 Å². The third-order valence-corrected chi connectivity index (χ3v) is 5.06. The maximum atomic E-state index is 5.47. The first-order valence-electron chi connectivity index (χ1n) is 7.85. The lowest BCUT2D eigenvalue weighted by Crippen LogP contribution is -2.52. The van der Waals surface area contributed by atoms with Crippen molar-refractivity contribution >= 4 is 0 Å². The fourth-order valence-electron chi connectivity index (χ4n) is 3.54. The van der Waals surface area contributed by atoms with Crippen molar-refractivity contribution in [2.24, 2.45) is 11.3 Å². The Bertz CT molecular complexity index is 290. The molecule has 0 aromatic rings. The van der Waals surface area contributed by atoms with Crippen LogP contribution < -0.4 is 5.32 Å². The molecule has 0 aliphatic carbocycles. The van der Waals surface area contributed by atoms with E-state index in [4.69, 9.17) is 4.74 Å². The lowest BCUT2D eigenvalue weighted by atomic mass is 9.78. The fraction of sp³-hybridized carbons (Fsp3) is 1.00. The standard InChI is InChI=1S/C16H32N2O/c1-15(2,3)13-10-14(17-12-13)11-16(4,5)18-6-8-19-9-7-18/h13-14,17H,6-12H2,1-5H3. The molecule has 0 bridgehead atoms. The van der Waals surface area contributed by atoms with Gasteiger partial charge in [0.25, 0.3) is 0 Å². The van der Waals surface area contributed by atoms with E-state index in [-0.39, 0.29) is 5.54 Å². The predicted octanol–water partition coefficient (Wildman–Crippen LogP) is 2.51. The van der Waals surface area contributed by atoms with Gasteiger partial charge in [0.1, 0.15) is 0 Å². The van der Waals surface area contributed by atoms with Gasteiger partial charge >= 0.3 is 0 Å². The van der Waals surface area contributed by atoms with E-state index >= 15 is 0 Å². The monoisotopic (exact) mass is 268 g/mol. The minimum Gasteiger partial charge on any atom is -0.379 e. The van der Waals surface area contributed by atoms with Gasteiger partial charge < -0.3 is 10.1 Å². The molecule has 2 aliphatic heterocycles. The highest BCUT2D eigenvalue weighted by Gasteiger charge is 2.37. The molecule has 112 valence electrons. The first kappa shape index (κ1) is 15.3. The highest BCUT2D eigenvalue weighted by Crippen LogP contribution is 2.35. The van der Waals surface area contributed by atoms with Crippen LogP contribution in [0, 0.1) is 11.3 Å². The maximum absolute atomic E-state index is 5.47. The van der Waals surface area contributed by atoms with Gasteiger partial charge in [-0.05, 0) is 44.6 Å². The van der Waals surface area contributed by atoms with Gasteiger partial charge in [0, 0.05) is 24.7 Å². The topological polar surface area (TPSA) is 24.5 Å². The first-order chi connectivity index (χ1) is 8.79. The van der Waals surface area contributed by atoms with Gasteiger partial charge in [0.05, 0.1) is 13.2 Å². The Balaban J connectivity index is 1.87. The summed E-state index contributed by atoms with van der Waals surface area (Å²) < 4.78 is 5.47. The quantitative estimate of drug-likeness (QED) is 0.851. The van der Waals surface area contributed by atoms with Gasteiger partial charge in [-0.25, -0.2) is 0 Å². The van der Waals surface area contributed by atoms with E-state index in [0.717, 1.165) is 32.2 Å². The minimum absolute atomic E-state index is 0.286. The molecule has 1 N–H and O–H groups in total. The normalized spacial score (nSPS) is 30.8. The van der Waals surface area contributed by atoms with E-state index in [9.17, 15) is 0 Å². The lowest BCUT2D eigenvalue weighted by Gasteiger charge is -2.42. The Kier molecular flexibility index (Phi) is 4.59. The van der Waals surface area contributed by atoms with Gasteiger partial charge in [-0.2, -0.15) is 0 Å². The largest absolute Gasteiger partial charge is 0.379 e. The molecule has 0 spiro atoms. The van der Waals surface area contributed by atoms with Crippen molar-refractivity contribution in [3.63, 3.8) is 0 Å². The molecule has 3 nitrogen and oxygen atoms in total. The van der Waals surface area contributed by atoms with Gasteiger partial charge in [0.15, 0.2) is 0 Å². The highest BCUT2D eigenvalue weighted by molar-refractivity contribution is 4.94. The molecule has 2 aliphatic rings. The summed E-state index contributed by atoms with van der Waals surface area (Å²) in [6.45, 7) is 17.0. The maximum Gasteiger partial charge on any atom is 0.0594 e. The summed E-state index contributed by atoms with van der Waals surface area (Å²) in [5.41, 5.74) is 0.721. The molecule has 2 atom stereocenters. The fourth-order valence-corrected chi connectivity index (χ4v) is 3.54. The number of morpholine rings is 1. The number of nitrogens with zero attached hydrogens (tertiary/aromatic N) is 1. The second-order valence-electron chi connectivity index (χ2n) is 8.02. The number of hydrogen-bond acceptors (Lipinski definition) is 3. The minimum atomic E-state index is 0.286. The van der Waals surface area contributed by atoms with Crippen molar-refractivity contribution in [3.05, 3.63) is 0 Å². The van der Waals surface area contributed by atoms with Crippen molar-refractivity contribution in [2.75, 3.05) is 32.8 Å². The Morgan fingerprint density at radius 1 is 1.11 bits per heavy atom. The summed E-state index contributed by atoms with van der Waals surface area (Å²) in [5.74, 6) is 0.818. The van der Waals surface area contributed by atoms with Crippen LogP contribution in [0.15, 0.2) is 0 Å². The second-order valence-corrected chi connectivity index (χ2v) is 8.02. The summed E-state index contributed by atoms with van der Waals surface area (Å²) in [6.07, 6.45) is 2.58. The van der Waals surface area contributed by atoms with Gasteiger partial charge in [0.2, 0.25) is 0 Å². The summed E-state index contributed by atoms with van der Waals surface area (Å²) >= 11 is 0. The smallest absolute Gasteiger partial charge is 0.0594 e. The van der Waals surface area contributed by atoms with Crippen LogP contribution >= 0.6 is 0 Å². The van der Waals surface area contributed by atoms with E-state index in [1.54, 1.807) is 0 Å². The molecule has 0 aromatic heterocycles. The second kappa shape index (κ2) is 5.71. The number of hydrogen-bond donors (Lipinski definition) is 1. The van der Waals surface area contributed by atoms with Crippen LogP contribution in [0.5, 0.6) is 0 Å². The van der Waals surface area contributed by atoms with E-state index < -0.39 is 0 Å². The van der Waals surface area contributed by atoms with Crippen molar-refractivity contribution in [3.8, 4) is 0 Å². The van der Waals surface area contributed by atoms with Crippen LogP contribution in [0.4, 0.5) is 0 Å². The van der Waals surface area contributed by atoms with Gasteiger partial charge in [-0.15, -0.1) is 0 Å². The number of nitrogens with one attached hydrogen (secondary N) is 1. The molecule has 0 amide bonds. The van der Waals surface area contributed by atoms with Crippen molar-refractivity contribution in [1.82, 2.24) is 10.2 Å². The Morgan fingerprint density at radius 2 is 1.74 bits per heavy atom. The summed E-state index contributed by atoms with van der Waals surface area (Å²) in [4.78, 5) is 2.60. The molecule has 2 saturated heterocycles. The van der Waals surface area contributed by atoms with Crippen molar-refractivity contribution in [1.29, 1.82) is 0 Å². The van der Waals surface area contributed by atoms with Crippen molar-refractivity contribution in [2.45, 2.75) is 59.0 Å². The molecule has 3 heteroatoms. The Labute approximate surface area is 119 Å². The summed E-state index contributed by atoms with van der Waals surface area (Å²) in [6, 6.07) is 0.682. The first-order valence-corrected chi connectivity index (χ1v) is 7.85.